The topological polar surface area (TPSA) is 33.3 Å². The van der Waals surface area contributed by atoms with Crippen molar-refractivity contribution in [2.45, 2.75) is 13.5 Å². The number of benzene rings is 2. The Balaban J connectivity index is 2.13. The molecule has 2 N–H and O–H groups in total. The van der Waals surface area contributed by atoms with Crippen molar-refractivity contribution in [3.8, 4) is 5.75 Å². The Labute approximate surface area is 147 Å². The van der Waals surface area contributed by atoms with Crippen molar-refractivity contribution < 1.29 is 13.5 Å². The predicted octanol–water partition coefficient (Wildman–Crippen LogP) is 5.71. The summed E-state index contributed by atoms with van der Waals surface area (Å²) in [5, 5.41) is 6.71. The molecule has 23 heavy (non-hydrogen) atoms. The van der Waals surface area contributed by atoms with E-state index in [0.29, 0.717) is 21.4 Å². The maximum Gasteiger partial charge on any atom is 0.387 e. The van der Waals surface area contributed by atoms with Crippen LogP contribution in [0.5, 0.6) is 5.75 Å². The molecule has 0 aliphatic carbocycles. The fourth-order valence-electron chi connectivity index (χ4n) is 1.80. The van der Waals surface area contributed by atoms with Crippen molar-refractivity contribution in [1.29, 1.82) is 0 Å². The Morgan fingerprint density at radius 2 is 1.83 bits per heavy atom. The maximum atomic E-state index is 12.4. The number of aryl methyl sites for hydroxylation is 1. The average molecular weight is 377 g/mol. The van der Waals surface area contributed by atoms with E-state index in [1.54, 1.807) is 30.3 Å². The van der Waals surface area contributed by atoms with E-state index in [1.165, 1.54) is 6.07 Å². The number of ether oxygens (including phenoxy) is 1. The van der Waals surface area contributed by atoms with Gasteiger partial charge in [-0.2, -0.15) is 8.78 Å². The number of halogens is 4. The molecule has 2 aromatic rings. The summed E-state index contributed by atoms with van der Waals surface area (Å²) in [6.45, 7) is -1.10. The molecule has 122 valence electrons. The third-order valence-electron chi connectivity index (χ3n) is 2.78. The fraction of sp³-hybridized carbons (Fsp3) is 0.133. The third-order valence-corrected chi connectivity index (χ3v) is 3.72. The van der Waals surface area contributed by atoms with Crippen LogP contribution in [-0.4, -0.2) is 11.7 Å². The lowest BCUT2D eigenvalue weighted by Gasteiger charge is -2.15. The van der Waals surface area contributed by atoms with Gasteiger partial charge in [0, 0.05) is 5.69 Å². The Bertz CT molecular complexity index is 729. The van der Waals surface area contributed by atoms with Crippen molar-refractivity contribution >= 4 is 51.9 Å². The number of rotatable bonds is 4. The molecule has 0 atom stereocenters. The normalized spacial score (nSPS) is 10.5. The zero-order valence-corrected chi connectivity index (χ0v) is 14.2. The molecule has 8 heteroatoms. The zero-order valence-electron chi connectivity index (χ0n) is 11.9. The summed E-state index contributed by atoms with van der Waals surface area (Å²) in [5.41, 5.74) is 1.81. The molecule has 0 radical (unpaired) electrons. The first-order chi connectivity index (χ1) is 10.8. The van der Waals surface area contributed by atoms with E-state index >= 15 is 0 Å². The largest absolute Gasteiger partial charge is 0.433 e. The molecule has 2 aromatic carbocycles. The molecule has 0 aliphatic rings. The molecule has 0 amide bonds. The number of thiocarbonyl (C=S) groups is 1. The number of alkyl halides is 2. The summed E-state index contributed by atoms with van der Waals surface area (Å²) in [6.07, 6.45) is 0. The van der Waals surface area contributed by atoms with Crippen LogP contribution in [0.2, 0.25) is 10.0 Å². The molecule has 0 aromatic heterocycles. The van der Waals surface area contributed by atoms with Crippen LogP contribution in [0, 0.1) is 6.92 Å². The van der Waals surface area contributed by atoms with Crippen LogP contribution in [0.3, 0.4) is 0 Å². The van der Waals surface area contributed by atoms with E-state index < -0.39 is 6.61 Å². The molecule has 0 unspecified atom stereocenters. The third kappa shape index (κ3) is 5.20. The van der Waals surface area contributed by atoms with Gasteiger partial charge >= 0.3 is 6.61 Å². The lowest BCUT2D eigenvalue weighted by atomic mass is 10.2. The van der Waals surface area contributed by atoms with Crippen LogP contribution < -0.4 is 15.4 Å². The molecule has 0 aliphatic heterocycles. The summed E-state index contributed by atoms with van der Waals surface area (Å²) < 4.78 is 29.3. The summed E-state index contributed by atoms with van der Waals surface area (Å²) in [7, 11) is 0. The van der Waals surface area contributed by atoms with Gasteiger partial charge in [-0.05, 0) is 55.0 Å². The number of hydrogen-bond acceptors (Lipinski definition) is 2. The number of hydrogen-bond donors (Lipinski definition) is 2. The van der Waals surface area contributed by atoms with Crippen molar-refractivity contribution in [3.63, 3.8) is 0 Å². The van der Waals surface area contributed by atoms with Crippen molar-refractivity contribution in [2.75, 3.05) is 10.6 Å². The van der Waals surface area contributed by atoms with Gasteiger partial charge in [0.25, 0.3) is 0 Å². The summed E-state index contributed by atoms with van der Waals surface area (Å²) in [5.74, 6) is 0.00360. The quantitative estimate of drug-likeness (QED) is 0.669. The van der Waals surface area contributed by atoms with Gasteiger partial charge in [-0.25, -0.2) is 0 Å². The Morgan fingerprint density at radius 3 is 2.48 bits per heavy atom. The van der Waals surface area contributed by atoms with E-state index in [0.717, 1.165) is 5.56 Å². The van der Waals surface area contributed by atoms with Crippen LogP contribution in [0.1, 0.15) is 5.56 Å². The van der Waals surface area contributed by atoms with Crippen LogP contribution in [0.25, 0.3) is 0 Å². The molecular formula is C15H12Cl2F2N2OS. The fourth-order valence-corrected chi connectivity index (χ4v) is 2.32. The summed E-state index contributed by atoms with van der Waals surface area (Å²) in [6, 6.07) is 9.68. The SMILES string of the molecule is Cc1ccc(OC(F)F)c(NC(=S)Nc2ccc(Cl)c(Cl)c2)c1. The van der Waals surface area contributed by atoms with Crippen molar-refractivity contribution in [2.24, 2.45) is 0 Å². The molecule has 0 fully saturated rings. The van der Waals surface area contributed by atoms with E-state index in [9.17, 15) is 8.78 Å². The molecule has 0 saturated heterocycles. The molecular weight excluding hydrogens is 365 g/mol. The highest BCUT2D eigenvalue weighted by atomic mass is 35.5. The average Bonchev–Trinajstić information content (AvgIpc) is 2.45. The highest BCUT2D eigenvalue weighted by molar-refractivity contribution is 7.80. The van der Waals surface area contributed by atoms with Crippen molar-refractivity contribution in [1.82, 2.24) is 0 Å². The van der Waals surface area contributed by atoms with E-state index in [-0.39, 0.29) is 10.9 Å². The van der Waals surface area contributed by atoms with Gasteiger partial charge in [0.2, 0.25) is 0 Å². The monoisotopic (exact) mass is 376 g/mol. The second-order valence-corrected chi connectivity index (χ2v) is 5.81. The zero-order chi connectivity index (χ0) is 17.0. The van der Waals surface area contributed by atoms with Gasteiger partial charge in [-0.15, -0.1) is 0 Å². The van der Waals surface area contributed by atoms with Crippen LogP contribution in [0.15, 0.2) is 36.4 Å². The maximum absolute atomic E-state index is 12.4. The lowest BCUT2D eigenvalue weighted by molar-refractivity contribution is -0.0493. The minimum atomic E-state index is -2.92. The second-order valence-electron chi connectivity index (χ2n) is 4.59. The van der Waals surface area contributed by atoms with Crippen molar-refractivity contribution in [3.05, 3.63) is 52.0 Å². The predicted molar refractivity (Wildman–Crippen MR) is 94.1 cm³/mol. The van der Waals surface area contributed by atoms with Gasteiger partial charge in [0.05, 0.1) is 15.7 Å². The van der Waals surface area contributed by atoms with Gasteiger partial charge in [0.1, 0.15) is 5.75 Å². The van der Waals surface area contributed by atoms with E-state index in [4.69, 9.17) is 35.4 Å². The summed E-state index contributed by atoms with van der Waals surface area (Å²) >= 11 is 16.9. The number of anilines is 2. The highest BCUT2D eigenvalue weighted by Gasteiger charge is 2.11. The molecule has 0 bridgehead atoms. The lowest BCUT2D eigenvalue weighted by Crippen LogP contribution is -2.20. The van der Waals surface area contributed by atoms with Gasteiger partial charge in [-0.3, -0.25) is 0 Å². The minimum absolute atomic E-state index is 0.00360. The first-order valence-electron chi connectivity index (χ1n) is 6.43. The van der Waals surface area contributed by atoms with Crippen LogP contribution in [0.4, 0.5) is 20.2 Å². The Morgan fingerprint density at radius 1 is 1.09 bits per heavy atom. The second kappa shape index (κ2) is 7.77. The molecule has 3 nitrogen and oxygen atoms in total. The van der Waals surface area contributed by atoms with Crippen LogP contribution in [-0.2, 0) is 0 Å². The number of nitrogens with one attached hydrogen (secondary N) is 2. The highest BCUT2D eigenvalue weighted by Crippen LogP contribution is 2.28. The van der Waals surface area contributed by atoms with Gasteiger partial charge in [0.15, 0.2) is 5.11 Å². The first kappa shape index (κ1) is 17.7. The molecule has 0 spiro atoms. The van der Waals surface area contributed by atoms with Gasteiger partial charge < -0.3 is 15.4 Å². The molecule has 0 saturated carbocycles. The standard InChI is InChI=1S/C15H12Cl2F2N2OS/c1-8-2-5-13(22-14(18)19)12(6-8)21-15(23)20-9-3-4-10(16)11(17)7-9/h2-7,14H,1H3,(H2,20,21,23). The van der Waals surface area contributed by atoms with Gasteiger partial charge in [-0.1, -0.05) is 29.3 Å². The van der Waals surface area contributed by atoms with E-state index in [2.05, 4.69) is 15.4 Å². The summed E-state index contributed by atoms with van der Waals surface area (Å²) in [4.78, 5) is 0. The van der Waals surface area contributed by atoms with Crippen LogP contribution >= 0.6 is 35.4 Å². The first-order valence-corrected chi connectivity index (χ1v) is 7.60. The Hall–Kier alpha value is -1.63. The molecule has 2 rings (SSSR count). The minimum Gasteiger partial charge on any atom is -0.433 e. The molecule has 0 heterocycles. The smallest absolute Gasteiger partial charge is 0.387 e. The van der Waals surface area contributed by atoms with E-state index in [1.807, 2.05) is 6.92 Å². The Kier molecular flexibility index (Phi) is 5.98.